The Morgan fingerprint density at radius 1 is 1.16 bits per heavy atom. The fraction of sp³-hybridized carbons (Fsp3) is 0.261. The average molecular weight is 419 g/mol. The molecule has 2 heterocycles. The van der Waals surface area contributed by atoms with Crippen LogP contribution in [0.1, 0.15) is 23.6 Å². The van der Waals surface area contributed by atoms with E-state index in [0.717, 1.165) is 28.5 Å². The van der Waals surface area contributed by atoms with E-state index in [1.807, 2.05) is 30.5 Å². The van der Waals surface area contributed by atoms with E-state index in [-0.39, 0.29) is 18.4 Å². The number of hydrogen-bond acceptors (Lipinski definition) is 4. The maximum atomic E-state index is 13.0. The Labute approximate surface area is 179 Å². The van der Waals surface area contributed by atoms with Crippen LogP contribution in [-0.2, 0) is 29.0 Å². The molecular formula is C23H25N5O3. The van der Waals surface area contributed by atoms with Crippen LogP contribution < -0.4 is 16.4 Å². The van der Waals surface area contributed by atoms with Crippen molar-refractivity contribution in [1.29, 1.82) is 0 Å². The van der Waals surface area contributed by atoms with Gasteiger partial charge < -0.3 is 21.4 Å². The molecule has 2 aromatic carbocycles. The molecule has 1 unspecified atom stereocenters. The van der Waals surface area contributed by atoms with Gasteiger partial charge in [-0.3, -0.25) is 14.5 Å². The van der Waals surface area contributed by atoms with Crippen LogP contribution in [0.4, 0.5) is 10.5 Å². The maximum absolute atomic E-state index is 13.0. The van der Waals surface area contributed by atoms with E-state index in [0.29, 0.717) is 24.2 Å². The minimum Gasteiger partial charge on any atom is -0.361 e. The lowest BCUT2D eigenvalue weighted by atomic mass is 10.0. The Morgan fingerprint density at radius 3 is 2.74 bits per heavy atom. The summed E-state index contributed by atoms with van der Waals surface area (Å²) in [6.45, 7) is 2.07. The monoisotopic (exact) mass is 419 g/mol. The maximum Gasteiger partial charge on any atom is 0.325 e. The lowest BCUT2D eigenvalue weighted by Crippen LogP contribution is -2.32. The number of nitrogens with zero attached hydrogens (tertiary/aromatic N) is 1. The summed E-state index contributed by atoms with van der Waals surface area (Å²) in [5.74, 6) is -0.490. The molecule has 8 heteroatoms. The summed E-state index contributed by atoms with van der Waals surface area (Å²) in [7, 11) is 0. The van der Waals surface area contributed by atoms with Crippen molar-refractivity contribution in [2.45, 2.75) is 32.4 Å². The zero-order valence-electron chi connectivity index (χ0n) is 17.3. The van der Waals surface area contributed by atoms with Crippen LogP contribution in [0.5, 0.6) is 0 Å². The molecule has 3 aromatic rings. The van der Waals surface area contributed by atoms with Gasteiger partial charge >= 0.3 is 6.03 Å². The minimum atomic E-state index is -0.630. The number of nitrogens with two attached hydrogens (primary N) is 1. The van der Waals surface area contributed by atoms with Crippen LogP contribution in [-0.4, -0.2) is 40.3 Å². The molecule has 0 radical (unpaired) electrons. The minimum absolute atomic E-state index is 0.0924. The number of amides is 4. The van der Waals surface area contributed by atoms with Gasteiger partial charge in [0.25, 0.3) is 5.91 Å². The summed E-state index contributed by atoms with van der Waals surface area (Å²) >= 11 is 0. The molecule has 1 atom stereocenters. The second-order valence-electron chi connectivity index (χ2n) is 7.70. The molecule has 160 valence electrons. The van der Waals surface area contributed by atoms with Crippen LogP contribution in [0.2, 0.25) is 0 Å². The van der Waals surface area contributed by atoms with Crippen molar-refractivity contribution in [3.8, 4) is 0 Å². The first-order valence-corrected chi connectivity index (χ1v) is 10.2. The molecule has 0 aliphatic carbocycles. The highest BCUT2D eigenvalue weighted by molar-refractivity contribution is 6.04. The molecular weight excluding hydrogens is 394 g/mol. The second-order valence-corrected chi connectivity index (χ2v) is 7.70. The average Bonchev–Trinajstić information content (AvgIpc) is 3.25. The third-order valence-electron chi connectivity index (χ3n) is 5.45. The number of rotatable bonds is 7. The largest absolute Gasteiger partial charge is 0.361 e. The molecule has 31 heavy (non-hydrogen) atoms. The lowest BCUT2D eigenvalue weighted by molar-refractivity contribution is -0.127. The Hall–Kier alpha value is -3.65. The summed E-state index contributed by atoms with van der Waals surface area (Å²) in [4.78, 5) is 41.4. The number of urea groups is 1. The molecule has 1 fully saturated rings. The number of aromatic amines is 1. The molecule has 4 rings (SSSR count). The van der Waals surface area contributed by atoms with E-state index in [4.69, 9.17) is 5.73 Å². The summed E-state index contributed by atoms with van der Waals surface area (Å²) in [5.41, 5.74) is 10.1. The normalized spacial score (nSPS) is 16.1. The van der Waals surface area contributed by atoms with Crippen molar-refractivity contribution in [2.75, 3.05) is 11.9 Å². The van der Waals surface area contributed by atoms with Crippen molar-refractivity contribution < 1.29 is 14.4 Å². The summed E-state index contributed by atoms with van der Waals surface area (Å²) in [6, 6.07) is 12.1. The number of carbonyl (C=O) groups is 3. The molecule has 0 saturated carbocycles. The van der Waals surface area contributed by atoms with Crippen LogP contribution in [0.25, 0.3) is 10.9 Å². The van der Waals surface area contributed by atoms with Gasteiger partial charge in [0.1, 0.15) is 6.04 Å². The fourth-order valence-electron chi connectivity index (χ4n) is 3.96. The quantitative estimate of drug-likeness (QED) is 0.439. The van der Waals surface area contributed by atoms with Gasteiger partial charge in [0.2, 0.25) is 5.91 Å². The van der Waals surface area contributed by atoms with E-state index in [9.17, 15) is 14.4 Å². The predicted octanol–water partition coefficient (Wildman–Crippen LogP) is 2.29. The lowest BCUT2D eigenvalue weighted by Gasteiger charge is -2.16. The topological polar surface area (TPSA) is 120 Å². The molecule has 1 saturated heterocycles. The smallest absolute Gasteiger partial charge is 0.325 e. The molecule has 1 aliphatic rings. The number of benzene rings is 2. The third-order valence-corrected chi connectivity index (χ3v) is 5.45. The first-order chi connectivity index (χ1) is 15.0. The van der Waals surface area contributed by atoms with Crippen LogP contribution >= 0.6 is 0 Å². The standard InChI is InChI=1S/C23H25N5O3/c1-14(29)26-19-5-3-2-4-17(19)13-28-22(30)21(27-23(28)31)11-15-6-7-20-18(10-15)16(8-9-24)12-25-20/h2-7,10,12,21,25H,8-9,11,13,24H2,1H3,(H,26,29)(H,27,31). The number of carbonyl (C=O) groups excluding carboxylic acids is 3. The van der Waals surface area contributed by atoms with E-state index in [1.165, 1.54) is 11.8 Å². The first-order valence-electron chi connectivity index (χ1n) is 10.2. The van der Waals surface area contributed by atoms with Gasteiger partial charge in [-0.2, -0.15) is 0 Å². The molecule has 5 N–H and O–H groups in total. The van der Waals surface area contributed by atoms with Crippen molar-refractivity contribution in [3.63, 3.8) is 0 Å². The number of H-pyrrole nitrogens is 1. The first kappa shape index (κ1) is 20.6. The predicted molar refractivity (Wildman–Crippen MR) is 118 cm³/mol. The van der Waals surface area contributed by atoms with Crippen LogP contribution in [0, 0.1) is 0 Å². The van der Waals surface area contributed by atoms with Crippen LogP contribution in [0.15, 0.2) is 48.7 Å². The van der Waals surface area contributed by atoms with E-state index in [1.54, 1.807) is 18.2 Å². The van der Waals surface area contributed by atoms with Crippen molar-refractivity contribution in [3.05, 3.63) is 65.4 Å². The van der Waals surface area contributed by atoms with Gasteiger partial charge in [0, 0.05) is 36.1 Å². The Balaban J connectivity index is 1.51. The Kier molecular flexibility index (Phi) is 5.73. The van der Waals surface area contributed by atoms with Gasteiger partial charge in [-0.25, -0.2) is 4.79 Å². The highest BCUT2D eigenvalue weighted by atomic mass is 16.2. The van der Waals surface area contributed by atoms with Gasteiger partial charge in [-0.15, -0.1) is 0 Å². The fourth-order valence-corrected chi connectivity index (χ4v) is 3.96. The zero-order valence-corrected chi connectivity index (χ0v) is 17.3. The molecule has 4 amide bonds. The second kappa shape index (κ2) is 8.61. The molecule has 1 aromatic heterocycles. The summed E-state index contributed by atoms with van der Waals surface area (Å²) in [5, 5.41) is 6.61. The molecule has 0 spiro atoms. The highest BCUT2D eigenvalue weighted by Crippen LogP contribution is 2.24. The number of para-hydroxylation sites is 1. The van der Waals surface area contributed by atoms with E-state index < -0.39 is 12.1 Å². The van der Waals surface area contributed by atoms with Gasteiger partial charge in [-0.1, -0.05) is 24.3 Å². The number of fused-ring (bicyclic) bond motifs is 1. The van der Waals surface area contributed by atoms with E-state index in [2.05, 4.69) is 15.6 Å². The number of imide groups is 1. The van der Waals surface area contributed by atoms with E-state index >= 15 is 0 Å². The number of hydrogen-bond donors (Lipinski definition) is 4. The Morgan fingerprint density at radius 2 is 1.97 bits per heavy atom. The number of nitrogens with one attached hydrogen (secondary N) is 3. The molecule has 8 nitrogen and oxygen atoms in total. The van der Waals surface area contributed by atoms with Gasteiger partial charge in [0.15, 0.2) is 0 Å². The highest BCUT2D eigenvalue weighted by Gasteiger charge is 2.38. The van der Waals surface area contributed by atoms with Crippen molar-refractivity contribution >= 4 is 34.4 Å². The summed E-state index contributed by atoms with van der Waals surface area (Å²) in [6.07, 6.45) is 3.12. The third kappa shape index (κ3) is 4.29. The number of anilines is 1. The number of aromatic nitrogens is 1. The van der Waals surface area contributed by atoms with Crippen LogP contribution in [0.3, 0.4) is 0 Å². The van der Waals surface area contributed by atoms with Gasteiger partial charge in [-0.05, 0) is 47.9 Å². The molecule has 1 aliphatic heterocycles. The molecule has 0 bridgehead atoms. The summed E-state index contributed by atoms with van der Waals surface area (Å²) < 4.78 is 0. The van der Waals surface area contributed by atoms with Crippen molar-refractivity contribution in [1.82, 2.24) is 15.2 Å². The van der Waals surface area contributed by atoms with Gasteiger partial charge in [0.05, 0.1) is 6.54 Å². The zero-order chi connectivity index (χ0) is 22.0. The SMILES string of the molecule is CC(=O)Nc1ccccc1CN1C(=O)NC(Cc2ccc3[nH]cc(CCN)c3c2)C1=O. The Bertz CT molecular complexity index is 1150. The van der Waals surface area contributed by atoms with Crippen molar-refractivity contribution in [2.24, 2.45) is 5.73 Å².